The lowest BCUT2D eigenvalue weighted by Gasteiger charge is -2.20. The lowest BCUT2D eigenvalue weighted by molar-refractivity contribution is 0.949. The topological polar surface area (TPSA) is 42.1 Å². The number of pyridine rings is 1. The zero-order valence-electron chi connectivity index (χ0n) is 9.19. The van der Waals surface area contributed by atoms with Crippen LogP contribution >= 0.6 is 0 Å². The van der Waals surface area contributed by atoms with Gasteiger partial charge in [0.25, 0.3) is 0 Å². The van der Waals surface area contributed by atoms with Gasteiger partial charge in [0.15, 0.2) is 0 Å². The smallest absolute Gasteiger partial charge is 0.0724 e. The van der Waals surface area contributed by atoms with Gasteiger partial charge in [-0.05, 0) is 37.1 Å². The SMILES string of the molecule is Nc1c(N2CCCC2)ccc2ncccc12. The van der Waals surface area contributed by atoms with Crippen LogP contribution in [-0.2, 0) is 0 Å². The van der Waals surface area contributed by atoms with Gasteiger partial charge in [-0.15, -0.1) is 0 Å². The molecule has 1 aliphatic rings. The molecule has 0 amide bonds. The Morgan fingerprint density at radius 2 is 1.94 bits per heavy atom. The van der Waals surface area contributed by atoms with Crippen LogP contribution in [0.2, 0.25) is 0 Å². The van der Waals surface area contributed by atoms with E-state index in [1.165, 1.54) is 12.8 Å². The van der Waals surface area contributed by atoms with Gasteiger partial charge in [0.1, 0.15) is 0 Å². The molecule has 1 aliphatic heterocycles. The van der Waals surface area contributed by atoms with Crippen molar-refractivity contribution in [1.82, 2.24) is 4.98 Å². The van der Waals surface area contributed by atoms with Crippen molar-refractivity contribution in [3.05, 3.63) is 30.5 Å². The summed E-state index contributed by atoms with van der Waals surface area (Å²) in [5, 5.41) is 1.06. The summed E-state index contributed by atoms with van der Waals surface area (Å²) >= 11 is 0. The third kappa shape index (κ3) is 1.40. The summed E-state index contributed by atoms with van der Waals surface area (Å²) in [7, 11) is 0. The van der Waals surface area contributed by atoms with Crippen LogP contribution in [0.15, 0.2) is 30.5 Å². The first-order valence-corrected chi connectivity index (χ1v) is 5.74. The molecule has 2 aromatic rings. The molecule has 0 radical (unpaired) electrons. The summed E-state index contributed by atoms with van der Waals surface area (Å²) in [6, 6.07) is 8.12. The van der Waals surface area contributed by atoms with Gasteiger partial charge in [0.2, 0.25) is 0 Å². The van der Waals surface area contributed by atoms with Crippen LogP contribution in [0.4, 0.5) is 11.4 Å². The Hall–Kier alpha value is -1.77. The molecule has 1 aromatic carbocycles. The first-order chi connectivity index (χ1) is 7.86. The predicted molar refractivity (Wildman–Crippen MR) is 67.6 cm³/mol. The first-order valence-electron chi connectivity index (χ1n) is 5.74. The van der Waals surface area contributed by atoms with E-state index in [1.807, 2.05) is 12.1 Å². The van der Waals surface area contributed by atoms with E-state index in [0.717, 1.165) is 35.4 Å². The van der Waals surface area contributed by atoms with Gasteiger partial charge in [-0.25, -0.2) is 0 Å². The maximum absolute atomic E-state index is 6.22. The minimum absolute atomic E-state index is 0.868. The highest BCUT2D eigenvalue weighted by Gasteiger charge is 2.15. The molecular weight excluding hydrogens is 198 g/mol. The zero-order valence-corrected chi connectivity index (χ0v) is 9.19. The second-order valence-corrected chi connectivity index (χ2v) is 4.26. The van der Waals surface area contributed by atoms with E-state index in [9.17, 15) is 0 Å². The second kappa shape index (κ2) is 3.67. The Bertz CT molecular complexity index is 516. The van der Waals surface area contributed by atoms with Crippen LogP contribution in [0.1, 0.15) is 12.8 Å². The molecule has 1 aromatic heterocycles. The first kappa shape index (κ1) is 9.46. The molecule has 16 heavy (non-hydrogen) atoms. The molecule has 0 saturated carbocycles. The molecule has 3 nitrogen and oxygen atoms in total. The number of hydrogen-bond acceptors (Lipinski definition) is 3. The Balaban J connectivity index is 2.15. The Kier molecular flexibility index (Phi) is 2.17. The van der Waals surface area contributed by atoms with E-state index in [0.29, 0.717) is 0 Å². The monoisotopic (exact) mass is 213 g/mol. The van der Waals surface area contributed by atoms with E-state index >= 15 is 0 Å². The number of nitrogen functional groups attached to an aromatic ring is 1. The highest BCUT2D eigenvalue weighted by molar-refractivity contribution is 5.97. The van der Waals surface area contributed by atoms with Crippen LogP contribution in [0, 0.1) is 0 Å². The second-order valence-electron chi connectivity index (χ2n) is 4.26. The summed E-state index contributed by atoms with van der Waals surface area (Å²) in [6.07, 6.45) is 4.34. The standard InChI is InChI=1S/C13H15N3/c14-13-10-4-3-7-15-11(10)5-6-12(13)16-8-1-2-9-16/h3-7H,1-2,8-9,14H2. The van der Waals surface area contributed by atoms with Crippen LogP contribution in [0.5, 0.6) is 0 Å². The molecule has 0 aliphatic carbocycles. The molecule has 1 saturated heterocycles. The molecule has 0 spiro atoms. The van der Waals surface area contributed by atoms with Crippen LogP contribution in [0.25, 0.3) is 10.9 Å². The molecule has 82 valence electrons. The minimum Gasteiger partial charge on any atom is -0.396 e. The normalized spacial score (nSPS) is 15.9. The van der Waals surface area contributed by atoms with Crippen molar-refractivity contribution in [1.29, 1.82) is 0 Å². The largest absolute Gasteiger partial charge is 0.396 e. The molecule has 2 N–H and O–H groups in total. The zero-order chi connectivity index (χ0) is 11.0. The maximum atomic E-state index is 6.22. The number of nitrogens with two attached hydrogens (primary N) is 1. The molecule has 2 heterocycles. The van der Waals surface area contributed by atoms with Crippen molar-refractivity contribution in [2.24, 2.45) is 0 Å². The van der Waals surface area contributed by atoms with Gasteiger partial charge in [0.05, 0.1) is 16.9 Å². The van der Waals surface area contributed by atoms with E-state index in [-0.39, 0.29) is 0 Å². The lowest BCUT2D eigenvalue weighted by Crippen LogP contribution is -2.19. The van der Waals surface area contributed by atoms with Gasteiger partial charge in [-0.3, -0.25) is 4.98 Å². The van der Waals surface area contributed by atoms with Crippen molar-refractivity contribution in [3.63, 3.8) is 0 Å². The van der Waals surface area contributed by atoms with E-state index in [1.54, 1.807) is 6.20 Å². The van der Waals surface area contributed by atoms with Crippen molar-refractivity contribution >= 4 is 22.3 Å². The number of anilines is 2. The highest BCUT2D eigenvalue weighted by atomic mass is 15.1. The molecule has 0 atom stereocenters. The van der Waals surface area contributed by atoms with Crippen molar-refractivity contribution in [3.8, 4) is 0 Å². The van der Waals surface area contributed by atoms with E-state index in [2.05, 4.69) is 22.0 Å². The third-order valence-corrected chi connectivity index (χ3v) is 3.25. The van der Waals surface area contributed by atoms with Gasteiger partial charge >= 0.3 is 0 Å². The fraction of sp³-hybridized carbons (Fsp3) is 0.308. The number of benzene rings is 1. The quantitative estimate of drug-likeness (QED) is 0.740. The molecule has 3 heteroatoms. The minimum atomic E-state index is 0.868. The number of fused-ring (bicyclic) bond motifs is 1. The number of hydrogen-bond donors (Lipinski definition) is 1. The summed E-state index contributed by atoms with van der Waals surface area (Å²) in [4.78, 5) is 6.67. The fourth-order valence-electron chi connectivity index (χ4n) is 2.40. The van der Waals surface area contributed by atoms with Crippen LogP contribution in [0.3, 0.4) is 0 Å². The maximum Gasteiger partial charge on any atom is 0.0724 e. The van der Waals surface area contributed by atoms with Crippen LogP contribution < -0.4 is 10.6 Å². The summed E-state index contributed by atoms with van der Waals surface area (Å²) < 4.78 is 0. The number of nitrogens with zero attached hydrogens (tertiary/aromatic N) is 2. The van der Waals surface area contributed by atoms with Crippen molar-refractivity contribution < 1.29 is 0 Å². The van der Waals surface area contributed by atoms with Gasteiger partial charge in [-0.2, -0.15) is 0 Å². The van der Waals surface area contributed by atoms with Gasteiger partial charge in [0, 0.05) is 24.7 Å². The predicted octanol–water partition coefficient (Wildman–Crippen LogP) is 2.42. The molecule has 3 rings (SSSR count). The third-order valence-electron chi connectivity index (χ3n) is 3.25. The Labute approximate surface area is 94.9 Å². The van der Waals surface area contributed by atoms with Gasteiger partial charge in [-0.1, -0.05) is 0 Å². The average Bonchev–Trinajstić information content (AvgIpc) is 2.83. The lowest BCUT2D eigenvalue weighted by atomic mass is 10.1. The van der Waals surface area contributed by atoms with E-state index < -0.39 is 0 Å². The highest BCUT2D eigenvalue weighted by Crippen LogP contribution is 2.32. The van der Waals surface area contributed by atoms with Crippen molar-refractivity contribution in [2.75, 3.05) is 23.7 Å². The molecule has 1 fully saturated rings. The van der Waals surface area contributed by atoms with Gasteiger partial charge < -0.3 is 10.6 Å². The molecular formula is C13H15N3. The van der Waals surface area contributed by atoms with E-state index in [4.69, 9.17) is 5.73 Å². The Morgan fingerprint density at radius 3 is 2.75 bits per heavy atom. The number of rotatable bonds is 1. The molecule has 0 unspecified atom stereocenters. The number of aromatic nitrogens is 1. The molecule has 0 bridgehead atoms. The average molecular weight is 213 g/mol. The summed E-state index contributed by atoms with van der Waals surface area (Å²) in [5.41, 5.74) is 9.22. The summed E-state index contributed by atoms with van der Waals surface area (Å²) in [6.45, 7) is 2.24. The Morgan fingerprint density at radius 1 is 1.12 bits per heavy atom. The summed E-state index contributed by atoms with van der Waals surface area (Å²) in [5.74, 6) is 0. The fourth-order valence-corrected chi connectivity index (χ4v) is 2.40. The van der Waals surface area contributed by atoms with Crippen molar-refractivity contribution in [2.45, 2.75) is 12.8 Å². The van der Waals surface area contributed by atoms with Crippen LogP contribution in [-0.4, -0.2) is 18.1 Å².